The smallest absolute Gasteiger partial charge is 0.326 e. The second kappa shape index (κ2) is 4.96. The van der Waals surface area contributed by atoms with Crippen LogP contribution in [0.15, 0.2) is 29.1 Å². The molecule has 0 amide bonds. The quantitative estimate of drug-likeness (QED) is 0.750. The van der Waals surface area contributed by atoms with Gasteiger partial charge in [0.15, 0.2) is 0 Å². The number of ether oxygens (including phenoxy) is 1. The zero-order valence-corrected chi connectivity index (χ0v) is 10.3. The van der Waals surface area contributed by atoms with Crippen LogP contribution in [0.2, 0.25) is 0 Å². The molecule has 18 heavy (non-hydrogen) atoms. The van der Waals surface area contributed by atoms with Gasteiger partial charge in [-0.3, -0.25) is 4.57 Å². The SMILES string of the molecule is O=c1[nH]c2ccccc2n1CC[NH+]1CCOCC1. The number of nitrogens with one attached hydrogen (secondary N) is 2. The molecule has 1 aromatic heterocycles. The van der Waals surface area contributed by atoms with Gasteiger partial charge in [0.05, 0.1) is 37.3 Å². The molecular formula is C13H18N3O2+. The van der Waals surface area contributed by atoms with Gasteiger partial charge in [0.1, 0.15) is 13.1 Å². The molecule has 1 aliphatic heterocycles. The lowest BCUT2D eigenvalue weighted by Gasteiger charge is -2.23. The first-order valence-corrected chi connectivity index (χ1v) is 6.43. The monoisotopic (exact) mass is 248 g/mol. The lowest BCUT2D eigenvalue weighted by molar-refractivity contribution is -0.908. The summed E-state index contributed by atoms with van der Waals surface area (Å²) in [7, 11) is 0. The third-order valence-corrected chi connectivity index (χ3v) is 3.57. The van der Waals surface area contributed by atoms with Crippen LogP contribution in [0.25, 0.3) is 11.0 Å². The van der Waals surface area contributed by atoms with Crippen molar-refractivity contribution < 1.29 is 9.64 Å². The standard InChI is InChI=1S/C13H17N3O2/c17-13-14-11-3-1-2-4-12(11)16(13)6-5-15-7-9-18-10-8-15/h1-4H,5-10H2,(H,14,17)/p+1. The second-order valence-electron chi connectivity index (χ2n) is 4.71. The Morgan fingerprint density at radius 1 is 1.28 bits per heavy atom. The highest BCUT2D eigenvalue weighted by Crippen LogP contribution is 2.07. The van der Waals surface area contributed by atoms with Crippen LogP contribution in [0.3, 0.4) is 0 Å². The van der Waals surface area contributed by atoms with Gasteiger partial charge in [-0.1, -0.05) is 12.1 Å². The molecule has 5 nitrogen and oxygen atoms in total. The molecule has 2 heterocycles. The molecular weight excluding hydrogens is 230 g/mol. The Bertz CT molecular complexity index is 581. The average molecular weight is 248 g/mol. The fourth-order valence-electron chi connectivity index (χ4n) is 2.51. The highest BCUT2D eigenvalue weighted by atomic mass is 16.5. The fourth-order valence-corrected chi connectivity index (χ4v) is 2.51. The van der Waals surface area contributed by atoms with Crippen LogP contribution < -0.4 is 10.6 Å². The molecule has 2 aromatic rings. The third kappa shape index (κ3) is 2.19. The van der Waals surface area contributed by atoms with E-state index in [2.05, 4.69) is 4.98 Å². The first-order valence-electron chi connectivity index (χ1n) is 6.43. The minimum Gasteiger partial charge on any atom is -0.370 e. The van der Waals surface area contributed by atoms with Crippen LogP contribution in [0.1, 0.15) is 0 Å². The van der Waals surface area contributed by atoms with Crippen molar-refractivity contribution in [3.8, 4) is 0 Å². The van der Waals surface area contributed by atoms with Crippen LogP contribution in [0.4, 0.5) is 0 Å². The maximum atomic E-state index is 11.9. The Morgan fingerprint density at radius 2 is 2.06 bits per heavy atom. The van der Waals surface area contributed by atoms with Gasteiger partial charge in [-0.15, -0.1) is 0 Å². The predicted molar refractivity (Wildman–Crippen MR) is 68.9 cm³/mol. The van der Waals surface area contributed by atoms with Gasteiger partial charge in [-0.2, -0.15) is 0 Å². The molecule has 0 spiro atoms. The largest absolute Gasteiger partial charge is 0.370 e. The Morgan fingerprint density at radius 3 is 2.89 bits per heavy atom. The Hall–Kier alpha value is -1.59. The number of hydrogen-bond donors (Lipinski definition) is 2. The zero-order chi connectivity index (χ0) is 12.4. The van der Waals surface area contributed by atoms with E-state index in [0.717, 1.165) is 50.4 Å². The summed E-state index contributed by atoms with van der Waals surface area (Å²) in [6.07, 6.45) is 0. The van der Waals surface area contributed by atoms with Gasteiger partial charge in [0.25, 0.3) is 0 Å². The number of rotatable bonds is 3. The summed E-state index contributed by atoms with van der Waals surface area (Å²) in [5, 5.41) is 0. The number of para-hydroxylation sites is 2. The third-order valence-electron chi connectivity index (χ3n) is 3.57. The molecule has 3 rings (SSSR count). The van der Waals surface area contributed by atoms with E-state index in [4.69, 9.17) is 4.74 Å². The van der Waals surface area contributed by atoms with Crippen molar-refractivity contribution in [1.29, 1.82) is 0 Å². The summed E-state index contributed by atoms with van der Waals surface area (Å²) in [5.74, 6) is 0. The van der Waals surface area contributed by atoms with E-state index in [9.17, 15) is 4.79 Å². The number of fused-ring (bicyclic) bond motifs is 1. The lowest BCUT2D eigenvalue weighted by atomic mass is 10.3. The van der Waals surface area contributed by atoms with Crippen LogP contribution in [-0.4, -0.2) is 42.4 Å². The second-order valence-corrected chi connectivity index (χ2v) is 4.71. The van der Waals surface area contributed by atoms with Crippen molar-refractivity contribution >= 4 is 11.0 Å². The first kappa shape index (κ1) is 11.5. The van der Waals surface area contributed by atoms with Gasteiger partial charge in [-0.25, -0.2) is 4.79 Å². The van der Waals surface area contributed by atoms with Gasteiger partial charge in [0.2, 0.25) is 0 Å². The summed E-state index contributed by atoms with van der Waals surface area (Å²) in [6, 6.07) is 7.83. The van der Waals surface area contributed by atoms with Gasteiger partial charge in [0, 0.05) is 0 Å². The molecule has 0 saturated carbocycles. The van der Waals surface area contributed by atoms with E-state index >= 15 is 0 Å². The van der Waals surface area contributed by atoms with E-state index in [1.54, 1.807) is 0 Å². The molecule has 1 saturated heterocycles. The number of morpholine rings is 1. The lowest BCUT2D eigenvalue weighted by Crippen LogP contribution is -3.14. The zero-order valence-electron chi connectivity index (χ0n) is 10.3. The number of quaternary nitrogens is 1. The number of aromatic amines is 1. The van der Waals surface area contributed by atoms with Crippen molar-refractivity contribution in [2.24, 2.45) is 0 Å². The Labute approximate surface area is 105 Å². The Kier molecular flexibility index (Phi) is 3.17. The maximum Gasteiger partial charge on any atom is 0.326 e. The van der Waals surface area contributed by atoms with Gasteiger partial charge >= 0.3 is 5.69 Å². The van der Waals surface area contributed by atoms with E-state index in [0.29, 0.717) is 0 Å². The number of hydrogen-bond acceptors (Lipinski definition) is 2. The Balaban J connectivity index is 1.77. The molecule has 2 N–H and O–H groups in total. The number of H-pyrrole nitrogens is 1. The number of benzene rings is 1. The molecule has 0 unspecified atom stereocenters. The van der Waals surface area contributed by atoms with Crippen molar-refractivity contribution in [3.05, 3.63) is 34.7 Å². The molecule has 0 atom stereocenters. The molecule has 0 aliphatic carbocycles. The molecule has 5 heteroatoms. The van der Waals surface area contributed by atoms with Crippen LogP contribution in [0, 0.1) is 0 Å². The predicted octanol–water partition coefficient (Wildman–Crippen LogP) is -0.755. The van der Waals surface area contributed by atoms with Crippen molar-refractivity contribution in [2.45, 2.75) is 6.54 Å². The number of imidazole rings is 1. The van der Waals surface area contributed by atoms with Crippen LogP contribution in [-0.2, 0) is 11.3 Å². The number of aromatic nitrogens is 2. The highest BCUT2D eigenvalue weighted by Gasteiger charge is 2.14. The molecule has 0 bridgehead atoms. The van der Waals surface area contributed by atoms with Gasteiger partial charge in [-0.05, 0) is 12.1 Å². The fraction of sp³-hybridized carbons (Fsp3) is 0.462. The van der Waals surface area contributed by atoms with E-state index < -0.39 is 0 Å². The molecule has 96 valence electrons. The molecule has 1 fully saturated rings. The summed E-state index contributed by atoms with van der Waals surface area (Å²) in [5.41, 5.74) is 1.90. The van der Waals surface area contributed by atoms with Crippen molar-refractivity contribution in [3.63, 3.8) is 0 Å². The van der Waals surface area contributed by atoms with E-state index in [1.165, 1.54) is 4.90 Å². The summed E-state index contributed by atoms with van der Waals surface area (Å²) in [4.78, 5) is 16.3. The molecule has 1 aromatic carbocycles. The minimum absolute atomic E-state index is 0.0103. The van der Waals surface area contributed by atoms with Crippen LogP contribution >= 0.6 is 0 Å². The minimum atomic E-state index is -0.0103. The average Bonchev–Trinajstić information content (AvgIpc) is 2.73. The van der Waals surface area contributed by atoms with Crippen molar-refractivity contribution in [2.75, 3.05) is 32.8 Å². The summed E-state index contributed by atoms with van der Waals surface area (Å²) in [6.45, 7) is 5.48. The van der Waals surface area contributed by atoms with E-state index in [1.807, 2.05) is 28.8 Å². The summed E-state index contributed by atoms with van der Waals surface area (Å²) >= 11 is 0. The van der Waals surface area contributed by atoms with E-state index in [-0.39, 0.29) is 5.69 Å². The maximum absolute atomic E-state index is 11.9. The number of nitrogens with zero attached hydrogens (tertiary/aromatic N) is 1. The van der Waals surface area contributed by atoms with Crippen LogP contribution in [0.5, 0.6) is 0 Å². The molecule has 0 radical (unpaired) electrons. The molecule has 1 aliphatic rings. The highest BCUT2D eigenvalue weighted by molar-refractivity contribution is 5.74. The topological polar surface area (TPSA) is 51.5 Å². The van der Waals surface area contributed by atoms with Crippen molar-refractivity contribution in [1.82, 2.24) is 9.55 Å². The normalized spacial score (nSPS) is 17.3. The summed E-state index contributed by atoms with van der Waals surface area (Å²) < 4.78 is 7.17. The van der Waals surface area contributed by atoms with Gasteiger partial charge < -0.3 is 14.6 Å². The first-order chi connectivity index (χ1) is 8.84.